The lowest BCUT2D eigenvalue weighted by molar-refractivity contribution is -0.143. The summed E-state index contributed by atoms with van der Waals surface area (Å²) in [7, 11) is 0. The Labute approximate surface area is 609 Å². The van der Waals surface area contributed by atoms with E-state index >= 15 is 0 Å². The highest BCUT2D eigenvalue weighted by atomic mass is 16.5. The van der Waals surface area contributed by atoms with Gasteiger partial charge in [-0.05, 0) is 57.8 Å². The summed E-state index contributed by atoms with van der Waals surface area (Å²) < 4.78 is 5.51. The summed E-state index contributed by atoms with van der Waals surface area (Å²) >= 11 is 0. The fourth-order valence-corrected chi connectivity index (χ4v) is 14.7. The van der Waals surface area contributed by atoms with E-state index in [1.54, 1.807) is 0 Å². The van der Waals surface area contributed by atoms with E-state index in [0.717, 1.165) is 51.4 Å². The standard InChI is InChI=1S/C91H177NO5/c1-3-5-7-9-11-13-15-17-19-21-22-23-24-42-45-48-52-55-59-63-67-71-75-79-83-89(94)88(87-93)92-90(95)84-80-76-72-68-64-60-56-53-49-46-43-40-38-36-34-32-30-28-26-25-27-29-31-33-35-37-39-41-44-47-50-54-58-62-66-70-74-78-82-86-97-91(96)85-81-77-73-69-65-61-57-51-20-18-16-14-12-10-8-6-4-2/h12,14,18,20,88-89,93-94H,3-11,13,15-17,19,21-87H2,1-2H3,(H,92,95)/b14-12-,20-18-. The van der Waals surface area contributed by atoms with Gasteiger partial charge in [-0.1, -0.05) is 475 Å². The summed E-state index contributed by atoms with van der Waals surface area (Å²) in [5.74, 6) is -0.00477. The Morgan fingerprint density at radius 3 is 0.804 bits per heavy atom. The number of ether oxygens (including phenoxy) is 1. The van der Waals surface area contributed by atoms with Crippen LogP contribution in [0.15, 0.2) is 24.3 Å². The van der Waals surface area contributed by atoms with E-state index in [9.17, 15) is 19.8 Å². The van der Waals surface area contributed by atoms with Crippen molar-refractivity contribution in [3.05, 3.63) is 24.3 Å². The van der Waals surface area contributed by atoms with Crippen molar-refractivity contribution in [1.82, 2.24) is 5.32 Å². The van der Waals surface area contributed by atoms with E-state index < -0.39 is 12.1 Å². The van der Waals surface area contributed by atoms with Crippen molar-refractivity contribution in [1.29, 1.82) is 0 Å². The predicted octanol–water partition coefficient (Wildman–Crippen LogP) is 30.3. The van der Waals surface area contributed by atoms with Gasteiger partial charge in [-0.15, -0.1) is 0 Å². The number of aliphatic hydroxyl groups excluding tert-OH is 2. The van der Waals surface area contributed by atoms with Gasteiger partial charge in [-0.3, -0.25) is 9.59 Å². The van der Waals surface area contributed by atoms with E-state index in [1.807, 2.05) is 0 Å². The van der Waals surface area contributed by atoms with Crippen molar-refractivity contribution < 1.29 is 24.5 Å². The van der Waals surface area contributed by atoms with E-state index in [0.29, 0.717) is 25.9 Å². The fourth-order valence-electron chi connectivity index (χ4n) is 14.7. The molecule has 0 aromatic carbocycles. The Hall–Kier alpha value is -1.66. The number of unbranched alkanes of at least 4 members (excludes halogenated alkanes) is 71. The van der Waals surface area contributed by atoms with Gasteiger partial charge in [0.1, 0.15) is 0 Å². The second-order valence-corrected chi connectivity index (χ2v) is 31.3. The molecule has 0 heterocycles. The van der Waals surface area contributed by atoms with Gasteiger partial charge < -0.3 is 20.3 Å². The minimum absolute atomic E-state index is 0.0174. The van der Waals surface area contributed by atoms with Crippen LogP contribution in [-0.4, -0.2) is 47.4 Å². The van der Waals surface area contributed by atoms with Crippen LogP contribution in [0.1, 0.15) is 521 Å². The molecular formula is C91H177NO5. The van der Waals surface area contributed by atoms with Crippen molar-refractivity contribution in [3.63, 3.8) is 0 Å². The van der Waals surface area contributed by atoms with Crippen molar-refractivity contribution in [2.75, 3.05) is 13.2 Å². The number of aliphatic hydroxyl groups is 2. The zero-order valence-corrected chi connectivity index (χ0v) is 66.4. The Bertz CT molecular complexity index is 1530. The van der Waals surface area contributed by atoms with Crippen LogP contribution in [0.4, 0.5) is 0 Å². The SMILES string of the molecule is CCCCC/C=C\C/C=C\CCCCCCCCCC(=O)OCCCCCCCCCCCCCCCCCCCCCCCCCCCCCCCCCCCCCCCCCC(=O)NC(CO)C(O)CCCCCCCCCCCCCCCCCCCCCCCCCC. The Morgan fingerprint density at radius 1 is 0.289 bits per heavy atom. The van der Waals surface area contributed by atoms with E-state index in [4.69, 9.17) is 4.74 Å². The molecule has 0 aliphatic carbocycles. The number of amides is 1. The maximum Gasteiger partial charge on any atom is 0.305 e. The first-order valence-corrected chi connectivity index (χ1v) is 45.1. The van der Waals surface area contributed by atoms with Crippen molar-refractivity contribution in [2.24, 2.45) is 0 Å². The van der Waals surface area contributed by atoms with Gasteiger partial charge in [0.25, 0.3) is 0 Å². The van der Waals surface area contributed by atoms with Crippen molar-refractivity contribution >= 4 is 11.9 Å². The topological polar surface area (TPSA) is 95.9 Å². The summed E-state index contributed by atoms with van der Waals surface area (Å²) in [5, 5.41) is 23.5. The number of hydrogen-bond donors (Lipinski definition) is 3. The fraction of sp³-hybridized carbons (Fsp3) is 0.934. The summed E-state index contributed by atoms with van der Waals surface area (Å²) in [6.07, 6.45) is 113. The minimum Gasteiger partial charge on any atom is -0.466 e. The number of nitrogens with one attached hydrogen (secondary N) is 1. The third-order valence-electron chi connectivity index (χ3n) is 21.5. The molecule has 2 unspecified atom stereocenters. The average Bonchev–Trinajstić information content (AvgIpc) is 2.53. The van der Waals surface area contributed by atoms with E-state index in [1.165, 1.54) is 437 Å². The van der Waals surface area contributed by atoms with Gasteiger partial charge >= 0.3 is 5.97 Å². The molecule has 0 aromatic rings. The van der Waals surface area contributed by atoms with Crippen LogP contribution in [0.2, 0.25) is 0 Å². The molecule has 0 spiro atoms. The normalized spacial score (nSPS) is 12.5. The molecule has 0 fully saturated rings. The maximum atomic E-state index is 12.6. The maximum absolute atomic E-state index is 12.6. The Morgan fingerprint density at radius 2 is 0.515 bits per heavy atom. The average molecular weight is 1370 g/mol. The van der Waals surface area contributed by atoms with E-state index in [-0.39, 0.29) is 18.5 Å². The second-order valence-electron chi connectivity index (χ2n) is 31.3. The highest BCUT2D eigenvalue weighted by Crippen LogP contribution is 2.22. The summed E-state index contributed by atoms with van der Waals surface area (Å²) in [4.78, 5) is 24.7. The molecule has 2 atom stereocenters. The first-order chi connectivity index (χ1) is 48.0. The number of carbonyl (C=O) groups is 2. The van der Waals surface area contributed by atoms with Gasteiger partial charge in [-0.2, -0.15) is 0 Å². The van der Waals surface area contributed by atoms with Gasteiger partial charge in [0.05, 0.1) is 25.4 Å². The van der Waals surface area contributed by atoms with Crippen LogP contribution in [0.25, 0.3) is 0 Å². The van der Waals surface area contributed by atoms with Crippen LogP contribution >= 0.6 is 0 Å². The lowest BCUT2D eigenvalue weighted by atomic mass is 10.0. The predicted molar refractivity (Wildman–Crippen MR) is 430 cm³/mol. The molecule has 1 amide bonds. The lowest BCUT2D eigenvalue weighted by Crippen LogP contribution is -2.45. The number of rotatable bonds is 86. The highest BCUT2D eigenvalue weighted by Gasteiger charge is 2.20. The number of carbonyl (C=O) groups excluding carboxylic acids is 2. The van der Waals surface area contributed by atoms with Gasteiger partial charge in [-0.25, -0.2) is 0 Å². The molecule has 0 rings (SSSR count). The minimum atomic E-state index is -0.661. The molecule has 0 aromatic heterocycles. The monoisotopic (exact) mass is 1360 g/mol. The first-order valence-electron chi connectivity index (χ1n) is 45.1. The smallest absolute Gasteiger partial charge is 0.305 e. The van der Waals surface area contributed by atoms with Crippen molar-refractivity contribution in [3.8, 4) is 0 Å². The lowest BCUT2D eigenvalue weighted by Gasteiger charge is -2.22. The van der Waals surface area contributed by atoms with Gasteiger partial charge in [0.2, 0.25) is 5.91 Å². The van der Waals surface area contributed by atoms with Gasteiger partial charge in [0, 0.05) is 12.8 Å². The molecule has 6 nitrogen and oxygen atoms in total. The van der Waals surface area contributed by atoms with Crippen LogP contribution in [0.3, 0.4) is 0 Å². The number of hydrogen-bond acceptors (Lipinski definition) is 5. The summed E-state index contributed by atoms with van der Waals surface area (Å²) in [6.45, 7) is 4.99. The molecule has 0 radical (unpaired) electrons. The third-order valence-corrected chi connectivity index (χ3v) is 21.5. The van der Waals surface area contributed by atoms with Gasteiger partial charge in [0.15, 0.2) is 0 Å². The molecule has 0 saturated heterocycles. The molecule has 97 heavy (non-hydrogen) atoms. The molecule has 576 valence electrons. The molecule has 0 aliphatic heterocycles. The Kier molecular flexibility index (Phi) is 85.3. The van der Waals surface area contributed by atoms with Crippen molar-refractivity contribution in [2.45, 2.75) is 533 Å². The first kappa shape index (κ1) is 95.3. The largest absolute Gasteiger partial charge is 0.466 e. The summed E-state index contributed by atoms with van der Waals surface area (Å²) in [5.41, 5.74) is 0. The Balaban J connectivity index is 3.30. The highest BCUT2D eigenvalue weighted by molar-refractivity contribution is 5.76. The van der Waals surface area contributed by atoms with E-state index in [2.05, 4.69) is 43.5 Å². The third kappa shape index (κ3) is 83.2. The van der Waals surface area contributed by atoms with Crippen LogP contribution in [-0.2, 0) is 14.3 Å². The number of allylic oxidation sites excluding steroid dienone is 4. The zero-order chi connectivity index (χ0) is 69.8. The van der Waals surface area contributed by atoms with Crippen LogP contribution in [0, 0.1) is 0 Å². The number of esters is 1. The molecule has 6 heteroatoms. The molecule has 0 saturated carbocycles. The molecule has 3 N–H and O–H groups in total. The molecule has 0 bridgehead atoms. The quantitative estimate of drug-likeness (QED) is 0.0320. The zero-order valence-electron chi connectivity index (χ0n) is 66.4. The molecular weight excluding hydrogens is 1190 g/mol. The molecule has 0 aliphatic rings. The summed E-state index contributed by atoms with van der Waals surface area (Å²) in [6, 6.07) is -0.538. The van der Waals surface area contributed by atoms with Crippen LogP contribution < -0.4 is 5.32 Å². The van der Waals surface area contributed by atoms with Crippen LogP contribution in [0.5, 0.6) is 0 Å². The second kappa shape index (κ2) is 86.7.